The number of hydrogen-bond donors (Lipinski definition) is 2. The fourth-order valence-electron chi connectivity index (χ4n) is 1.23. The van der Waals surface area contributed by atoms with Gasteiger partial charge in [0.05, 0.1) is 5.54 Å². The van der Waals surface area contributed by atoms with Crippen molar-refractivity contribution in [1.82, 2.24) is 10.3 Å². The Morgan fingerprint density at radius 2 is 2.20 bits per heavy atom. The first-order chi connectivity index (χ1) is 7.06. The average molecular weight is 207 g/mol. The van der Waals surface area contributed by atoms with Crippen LogP contribution in [0, 0.1) is 0 Å². The molecule has 0 aliphatic carbocycles. The van der Waals surface area contributed by atoms with Crippen LogP contribution in [-0.4, -0.2) is 23.0 Å². The molecular formula is C11H17N3O. The fraction of sp³-hybridized carbons (Fsp3) is 0.455. The van der Waals surface area contributed by atoms with E-state index in [1.807, 2.05) is 32.9 Å². The zero-order valence-electron chi connectivity index (χ0n) is 9.37. The summed E-state index contributed by atoms with van der Waals surface area (Å²) in [5.41, 5.74) is -0.577. The van der Waals surface area contributed by atoms with Crippen LogP contribution in [0.3, 0.4) is 0 Å². The number of nitrogens with one attached hydrogen (secondary N) is 2. The van der Waals surface area contributed by atoms with Crippen molar-refractivity contribution in [3.63, 3.8) is 0 Å². The Bertz CT molecular complexity index is 322. The molecule has 0 saturated heterocycles. The van der Waals surface area contributed by atoms with Gasteiger partial charge in [-0.05, 0) is 32.5 Å². The molecule has 1 amide bonds. The number of carbonyl (C=O) groups excluding carboxylic acids is 1. The topological polar surface area (TPSA) is 54.0 Å². The molecule has 0 aliphatic rings. The smallest absolute Gasteiger partial charge is 0.245 e. The first-order valence-corrected chi connectivity index (χ1v) is 5.04. The van der Waals surface area contributed by atoms with Crippen molar-refractivity contribution >= 4 is 11.7 Å². The Morgan fingerprint density at radius 1 is 1.47 bits per heavy atom. The number of pyridine rings is 1. The molecule has 82 valence electrons. The number of amides is 1. The summed E-state index contributed by atoms with van der Waals surface area (Å²) in [5.74, 6) is 0.497. The summed E-state index contributed by atoms with van der Waals surface area (Å²) < 4.78 is 0. The molecule has 1 rings (SSSR count). The van der Waals surface area contributed by atoms with Gasteiger partial charge >= 0.3 is 0 Å². The van der Waals surface area contributed by atoms with Crippen LogP contribution in [0.15, 0.2) is 24.4 Å². The highest BCUT2D eigenvalue weighted by atomic mass is 16.2. The van der Waals surface area contributed by atoms with Gasteiger partial charge in [0.1, 0.15) is 5.82 Å². The van der Waals surface area contributed by atoms with Gasteiger partial charge in [0.15, 0.2) is 0 Å². The first kappa shape index (κ1) is 11.7. The summed E-state index contributed by atoms with van der Waals surface area (Å²) in [5, 5.41) is 5.86. The fourth-order valence-corrected chi connectivity index (χ4v) is 1.23. The molecule has 0 spiro atoms. The van der Waals surface area contributed by atoms with Crippen molar-refractivity contribution < 1.29 is 4.79 Å². The van der Waals surface area contributed by atoms with Gasteiger partial charge < -0.3 is 10.6 Å². The van der Waals surface area contributed by atoms with Crippen molar-refractivity contribution in [2.24, 2.45) is 0 Å². The van der Waals surface area contributed by atoms with Gasteiger partial charge in [-0.3, -0.25) is 4.79 Å². The number of anilines is 1. The normalized spacial score (nSPS) is 11.1. The van der Waals surface area contributed by atoms with Crippen LogP contribution in [0.25, 0.3) is 0 Å². The van der Waals surface area contributed by atoms with Crippen molar-refractivity contribution in [3.8, 4) is 0 Å². The summed E-state index contributed by atoms with van der Waals surface area (Å²) in [6.07, 6.45) is 1.65. The third-order valence-corrected chi connectivity index (χ3v) is 2.09. The maximum atomic E-state index is 11.8. The van der Waals surface area contributed by atoms with Gasteiger partial charge in [0.2, 0.25) is 5.91 Å². The zero-order valence-corrected chi connectivity index (χ0v) is 9.37. The number of aromatic nitrogens is 1. The Kier molecular flexibility index (Phi) is 3.80. The molecule has 2 N–H and O–H groups in total. The molecule has 0 unspecified atom stereocenters. The van der Waals surface area contributed by atoms with E-state index in [0.717, 1.165) is 6.54 Å². The predicted molar refractivity (Wildman–Crippen MR) is 60.6 cm³/mol. The molecule has 0 bridgehead atoms. The minimum atomic E-state index is -0.577. The highest BCUT2D eigenvalue weighted by molar-refractivity contribution is 5.96. The van der Waals surface area contributed by atoms with Crippen molar-refractivity contribution in [3.05, 3.63) is 24.4 Å². The molecular weight excluding hydrogens is 190 g/mol. The molecule has 0 atom stereocenters. The number of carbonyl (C=O) groups is 1. The van der Waals surface area contributed by atoms with Crippen molar-refractivity contribution in [1.29, 1.82) is 0 Å². The van der Waals surface area contributed by atoms with Gasteiger partial charge in [0, 0.05) is 6.20 Å². The summed E-state index contributed by atoms with van der Waals surface area (Å²) in [7, 11) is 0. The van der Waals surface area contributed by atoms with Crippen LogP contribution in [0.2, 0.25) is 0 Å². The number of rotatable bonds is 4. The number of likely N-dealkylation sites (N-methyl/N-ethyl adjacent to an activating group) is 1. The lowest BCUT2D eigenvalue weighted by Crippen LogP contribution is -2.49. The van der Waals surface area contributed by atoms with Crippen LogP contribution in [0.5, 0.6) is 0 Å². The molecule has 4 nitrogen and oxygen atoms in total. The van der Waals surface area contributed by atoms with E-state index in [2.05, 4.69) is 15.6 Å². The molecule has 0 fully saturated rings. The lowest BCUT2D eigenvalue weighted by Gasteiger charge is -2.24. The van der Waals surface area contributed by atoms with E-state index in [1.165, 1.54) is 0 Å². The zero-order chi connectivity index (χ0) is 11.3. The van der Waals surface area contributed by atoms with E-state index in [0.29, 0.717) is 5.82 Å². The van der Waals surface area contributed by atoms with Crippen molar-refractivity contribution in [2.45, 2.75) is 26.3 Å². The molecule has 1 heterocycles. The standard InChI is InChI=1S/C11H17N3O/c1-4-13-11(2,3)10(15)14-9-7-5-6-8-12-9/h5-8,13H,4H2,1-3H3,(H,12,14,15). The molecule has 4 heteroatoms. The van der Waals surface area contributed by atoms with Crippen LogP contribution in [0.1, 0.15) is 20.8 Å². The summed E-state index contributed by atoms with van der Waals surface area (Å²) >= 11 is 0. The van der Waals surface area contributed by atoms with E-state index in [9.17, 15) is 4.79 Å². The minimum Gasteiger partial charge on any atom is -0.309 e. The summed E-state index contributed by atoms with van der Waals surface area (Å²) in [6.45, 7) is 6.40. The van der Waals surface area contributed by atoms with Gasteiger partial charge in [-0.1, -0.05) is 13.0 Å². The first-order valence-electron chi connectivity index (χ1n) is 5.04. The monoisotopic (exact) mass is 207 g/mol. The lowest BCUT2D eigenvalue weighted by atomic mass is 10.0. The van der Waals surface area contributed by atoms with Crippen LogP contribution in [-0.2, 0) is 4.79 Å². The highest BCUT2D eigenvalue weighted by Gasteiger charge is 2.26. The number of nitrogens with zero attached hydrogens (tertiary/aromatic N) is 1. The SMILES string of the molecule is CCNC(C)(C)C(=O)Nc1ccccn1. The van der Waals surface area contributed by atoms with E-state index >= 15 is 0 Å². The highest BCUT2D eigenvalue weighted by Crippen LogP contribution is 2.07. The van der Waals surface area contributed by atoms with E-state index in [4.69, 9.17) is 0 Å². The molecule has 15 heavy (non-hydrogen) atoms. The largest absolute Gasteiger partial charge is 0.309 e. The Hall–Kier alpha value is -1.42. The van der Waals surface area contributed by atoms with Crippen LogP contribution < -0.4 is 10.6 Å². The summed E-state index contributed by atoms with van der Waals surface area (Å²) in [4.78, 5) is 15.8. The molecule has 1 aromatic heterocycles. The second kappa shape index (κ2) is 4.89. The van der Waals surface area contributed by atoms with Gasteiger partial charge in [-0.15, -0.1) is 0 Å². The van der Waals surface area contributed by atoms with E-state index < -0.39 is 5.54 Å². The van der Waals surface area contributed by atoms with Crippen LogP contribution in [0.4, 0.5) is 5.82 Å². The number of hydrogen-bond acceptors (Lipinski definition) is 3. The Balaban J connectivity index is 2.63. The summed E-state index contributed by atoms with van der Waals surface area (Å²) in [6, 6.07) is 5.41. The van der Waals surface area contributed by atoms with Crippen LogP contribution >= 0.6 is 0 Å². The quantitative estimate of drug-likeness (QED) is 0.784. The maximum Gasteiger partial charge on any atom is 0.245 e. The van der Waals surface area contributed by atoms with Gasteiger partial charge in [-0.25, -0.2) is 4.98 Å². The van der Waals surface area contributed by atoms with E-state index in [-0.39, 0.29) is 5.91 Å². The third kappa shape index (κ3) is 3.32. The predicted octanol–water partition coefficient (Wildman–Crippen LogP) is 1.41. The van der Waals surface area contributed by atoms with Gasteiger partial charge in [-0.2, -0.15) is 0 Å². The average Bonchev–Trinajstić information content (AvgIpc) is 2.19. The lowest BCUT2D eigenvalue weighted by molar-refractivity contribution is -0.121. The molecule has 0 radical (unpaired) electrons. The van der Waals surface area contributed by atoms with Crippen molar-refractivity contribution in [2.75, 3.05) is 11.9 Å². The molecule has 0 aliphatic heterocycles. The maximum absolute atomic E-state index is 11.8. The second-order valence-electron chi connectivity index (χ2n) is 3.82. The van der Waals surface area contributed by atoms with E-state index in [1.54, 1.807) is 12.3 Å². The Morgan fingerprint density at radius 3 is 2.73 bits per heavy atom. The molecule has 0 saturated carbocycles. The van der Waals surface area contributed by atoms with Gasteiger partial charge in [0.25, 0.3) is 0 Å². The Labute approximate surface area is 90.1 Å². The molecule has 0 aromatic carbocycles. The third-order valence-electron chi connectivity index (χ3n) is 2.09. The molecule has 1 aromatic rings. The second-order valence-corrected chi connectivity index (χ2v) is 3.82. The minimum absolute atomic E-state index is 0.0805.